The van der Waals surface area contributed by atoms with E-state index in [0.29, 0.717) is 29.4 Å². The highest BCUT2D eigenvalue weighted by Crippen LogP contribution is 2.62. The van der Waals surface area contributed by atoms with E-state index in [2.05, 4.69) is 25.1 Å². The Balaban J connectivity index is 1.70. The van der Waals surface area contributed by atoms with E-state index in [1.165, 1.54) is 30.4 Å². The molecule has 2 fully saturated rings. The quantitative estimate of drug-likeness (QED) is 0.773. The number of nitrogens with zero attached hydrogens (tertiary/aromatic N) is 1. The summed E-state index contributed by atoms with van der Waals surface area (Å²) in [6.45, 7) is 4.53. The van der Waals surface area contributed by atoms with Crippen LogP contribution in [0.4, 0.5) is 5.69 Å². The standard InChI is InChI=1S/C19H25NO2/c1-11-9-17-16-5-3-12-10-13(20-22)4-6-14(12)15(16)7-8-19(17,2)18(11)21/h4,6,10-11,15-18,21H,3,5,7-9H2,1-2H3/t11?,15?,16?,17?,18-,19-/m0/s1. The van der Waals surface area contributed by atoms with Crippen molar-refractivity contribution in [3.8, 4) is 0 Å². The molecule has 0 aliphatic heterocycles. The molecule has 0 aromatic heterocycles. The molecule has 4 unspecified atom stereocenters. The number of hydrogen-bond acceptors (Lipinski definition) is 3. The van der Waals surface area contributed by atoms with E-state index in [0.717, 1.165) is 12.8 Å². The molecule has 3 nitrogen and oxygen atoms in total. The first-order chi connectivity index (χ1) is 10.5. The van der Waals surface area contributed by atoms with E-state index in [4.69, 9.17) is 0 Å². The van der Waals surface area contributed by atoms with Crippen molar-refractivity contribution in [1.82, 2.24) is 0 Å². The Bertz CT molecular complexity index is 613. The molecule has 6 atom stereocenters. The maximum Gasteiger partial charge on any atom is 0.108 e. The average Bonchev–Trinajstić information content (AvgIpc) is 2.77. The molecular formula is C19H25NO2. The summed E-state index contributed by atoms with van der Waals surface area (Å²) in [6, 6.07) is 5.99. The lowest BCUT2D eigenvalue weighted by Gasteiger charge is -2.50. The number of rotatable bonds is 1. The van der Waals surface area contributed by atoms with Crippen LogP contribution < -0.4 is 0 Å². The van der Waals surface area contributed by atoms with Crippen molar-refractivity contribution < 1.29 is 5.11 Å². The predicted octanol–water partition coefficient (Wildman–Crippen LogP) is 4.55. The predicted molar refractivity (Wildman–Crippen MR) is 87.1 cm³/mol. The van der Waals surface area contributed by atoms with Gasteiger partial charge in [-0.1, -0.05) is 19.9 Å². The molecule has 3 aliphatic carbocycles. The molecule has 1 N–H and O–H groups in total. The summed E-state index contributed by atoms with van der Waals surface area (Å²) in [5, 5.41) is 13.7. The van der Waals surface area contributed by atoms with Crippen molar-refractivity contribution in [2.24, 2.45) is 28.3 Å². The lowest BCUT2D eigenvalue weighted by Crippen LogP contribution is -2.44. The van der Waals surface area contributed by atoms with Crippen LogP contribution in [0, 0.1) is 28.1 Å². The van der Waals surface area contributed by atoms with Gasteiger partial charge in [0.05, 0.1) is 6.10 Å². The summed E-state index contributed by atoms with van der Waals surface area (Å²) in [4.78, 5) is 10.8. The normalized spacial score (nSPS) is 43.1. The third-order valence-electron chi connectivity index (χ3n) is 7.09. The molecule has 0 spiro atoms. The van der Waals surface area contributed by atoms with Crippen LogP contribution in [-0.4, -0.2) is 11.2 Å². The van der Waals surface area contributed by atoms with Crippen LogP contribution in [0.3, 0.4) is 0 Å². The van der Waals surface area contributed by atoms with E-state index in [-0.39, 0.29) is 11.5 Å². The molecule has 0 radical (unpaired) electrons. The van der Waals surface area contributed by atoms with Gasteiger partial charge in [0.2, 0.25) is 0 Å². The van der Waals surface area contributed by atoms with Gasteiger partial charge in [-0.05, 0) is 89.6 Å². The molecule has 2 saturated carbocycles. The maximum atomic E-state index is 10.8. The third kappa shape index (κ3) is 1.84. The van der Waals surface area contributed by atoms with Crippen molar-refractivity contribution in [2.45, 2.75) is 58.0 Å². The van der Waals surface area contributed by atoms with Crippen molar-refractivity contribution >= 4 is 5.69 Å². The summed E-state index contributed by atoms with van der Waals surface area (Å²) in [5.74, 6) is 2.38. The average molecular weight is 299 g/mol. The Labute approximate surface area is 132 Å². The number of aryl methyl sites for hydroxylation is 1. The molecule has 1 aromatic carbocycles. The van der Waals surface area contributed by atoms with Gasteiger partial charge in [0.15, 0.2) is 0 Å². The Hall–Kier alpha value is -1.22. The summed E-state index contributed by atoms with van der Waals surface area (Å²) in [6.07, 6.45) is 5.57. The largest absolute Gasteiger partial charge is 0.392 e. The number of fused-ring (bicyclic) bond motifs is 5. The molecule has 22 heavy (non-hydrogen) atoms. The van der Waals surface area contributed by atoms with Gasteiger partial charge in [-0.25, -0.2) is 0 Å². The topological polar surface area (TPSA) is 49.7 Å². The van der Waals surface area contributed by atoms with E-state index < -0.39 is 0 Å². The molecule has 118 valence electrons. The number of benzene rings is 1. The van der Waals surface area contributed by atoms with Crippen LogP contribution in [0.5, 0.6) is 0 Å². The van der Waals surface area contributed by atoms with Crippen LogP contribution in [-0.2, 0) is 6.42 Å². The van der Waals surface area contributed by atoms with Crippen molar-refractivity contribution in [2.75, 3.05) is 0 Å². The minimum atomic E-state index is -0.138. The number of aliphatic hydroxyl groups excluding tert-OH is 1. The Morgan fingerprint density at radius 1 is 1.32 bits per heavy atom. The summed E-state index contributed by atoms with van der Waals surface area (Å²) >= 11 is 0. The SMILES string of the molecule is CC1CC2C3CCc4cc(N=O)ccc4C3CC[C@]2(C)[C@H]1O. The second-order valence-electron chi connectivity index (χ2n) is 8.09. The van der Waals surface area contributed by atoms with Crippen molar-refractivity contribution in [3.63, 3.8) is 0 Å². The van der Waals surface area contributed by atoms with Gasteiger partial charge < -0.3 is 5.11 Å². The van der Waals surface area contributed by atoms with Crippen LogP contribution in [0.15, 0.2) is 23.4 Å². The number of nitroso groups, excluding NO2 is 1. The Morgan fingerprint density at radius 3 is 2.91 bits per heavy atom. The van der Waals surface area contributed by atoms with Crippen LogP contribution >= 0.6 is 0 Å². The van der Waals surface area contributed by atoms with Gasteiger partial charge in [-0.15, -0.1) is 4.91 Å². The monoisotopic (exact) mass is 299 g/mol. The number of aliphatic hydroxyl groups is 1. The lowest BCUT2D eigenvalue weighted by atomic mass is 9.55. The molecule has 0 bridgehead atoms. The molecule has 3 heteroatoms. The van der Waals surface area contributed by atoms with Gasteiger partial charge in [-0.2, -0.15) is 0 Å². The van der Waals surface area contributed by atoms with E-state index in [1.54, 1.807) is 0 Å². The Kier molecular flexibility index (Phi) is 3.19. The smallest absolute Gasteiger partial charge is 0.108 e. The van der Waals surface area contributed by atoms with Crippen LogP contribution in [0.2, 0.25) is 0 Å². The summed E-state index contributed by atoms with van der Waals surface area (Å²) < 4.78 is 0. The zero-order valence-corrected chi connectivity index (χ0v) is 13.5. The van der Waals surface area contributed by atoms with Gasteiger partial charge in [0.25, 0.3) is 0 Å². The fourth-order valence-corrected chi connectivity index (χ4v) is 5.96. The molecule has 0 saturated heterocycles. The molecule has 0 heterocycles. The van der Waals surface area contributed by atoms with Gasteiger partial charge >= 0.3 is 0 Å². The third-order valence-corrected chi connectivity index (χ3v) is 7.09. The number of hydrogen-bond donors (Lipinski definition) is 1. The zero-order valence-electron chi connectivity index (χ0n) is 13.5. The van der Waals surface area contributed by atoms with Gasteiger partial charge in [-0.3, -0.25) is 0 Å². The lowest BCUT2D eigenvalue weighted by molar-refractivity contribution is -0.0309. The highest BCUT2D eigenvalue weighted by Gasteiger charge is 2.56. The minimum absolute atomic E-state index is 0.113. The second-order valence-corrected chi connectivity index (χ2v) is 8.09. The highest BCUT2D eigenvalue weighted by molar-refractivity contribution is 5.47. The summed E-state index contributed by atoms with van der Waals surface area (Å²) in [5.41, 5.74) is 3.44. The van der Waals surface area contributed by atoms with E-state index in [9.17, 15) is 10.0 Å². The minimum Gasteiger partial charge on any atom is -0.392 e. The Morgan fingerprint density at radius 2 is 2.14 bits per heavy atom. The molecule has 0 amide bonds. The van der Waals surface area contributed by atoms with Crippen molar-refractivity contribution in [1.29, 1.82) is 0 Å². The first-order valence-corrected chi connectivity index (χ1v) is 8.69. The van der Waals surface area contributed by atoms with E-state index in [1.807, 2.05) is 12.1 Å². The van der Waals surface area contributed by atoms with Crippen LogP contribution in [0.1, 0.15) is 56.6 Å². The first-order valence-electron chi connectivity index (χ1n) is 8.69. The maximum absolute atomic E-state index is 10.8. The fraction of sp³-hybridized carbons (Fsp3) is 0.684. The fourth-order valence-electron chi connectivity index (χ4n) is 5.96. The van der Waals surface area contributed by atoms with E-state index >= 15 is 0 Å². The summed E-state index contributed by atoms with van der Waals surface area (Å²) in [7, 11) is 0. The molecule has 1 aromatic rings. The van der Waals surface area contributed by atoms with Crippen molar-refractivity contribution in [3.05, 3.63) is 34.2 Å². The van der Waals surface area contributed by atoms with Gasteiger partial charge in [0, 0.05) is 0 Å². The van der Waals surface area contributed by atoms with Gasteiger partial charge in [0.1, 0.15) is 5.69 Å². The van der Waals surface area contributed by atoms with Crippen LogP contribution in [0.25, 0.3) is 0 Å². The zero-order chi connectivity index (χ0) is 15.5. The molecule has 4 rings (SSSR count). The highest BCUT2D eigenvalue weighted by atomic mass is 16.3. The molecule has 3 aliphatic rings. The second kappa shape index (κ2) is 4.89. The molecular weight excluding hydrogens is 274 g/mol. The first kappa shape index (κ1) is 14.4.